The number of hydrogen-bond acceptors (Lipinski definition) is 1. The van der Waals surface area contributed by atoms with Gasteiger partial charge in [-0.15, -0.1) is 0 Å². The van der Waals surface area contributed by atoms with Crippen LogP contribution in [0.4, 0.5) is 0 Å². The van der Waals surface area contributed by atoms with E-state index in [2.05, 4.69) is 73.0 Å². The predicted molar refractivity (Wildman–Crippen MR) is 104 cm³/mol. The molecule has 5 rings (SSSR count). The molecule has 2 heterocycles. The maximum absolute atomic E-state index is 5.04. The maximum atomic E-state index is 5.04. The Morgan fingerprint density at radius 1 is 0.960 bits per heavy atom. The van der Waals surface area contributed by atoms with Crippen molar-refractivity contribution in [2.45, 2.75) is 45.1 Å². The first-order valence-corrected chi connectivity index (χ1v) is 9.46. The Bertz CT molecular complexity index is 970. The van der Waals surface area contributed by atoms with Crippen molar-refractivity contribution in [1.29, 1.82) is 0 Å². The molecule has 2 nitrogen and oxygen atoms in total. The summed E-state index contributed by atoms with van der Waals surface area (Å²) in [6.07, 6.45) is 7.86. The van der Waals surface area contributed by atoms with Gasteiger partial charge < -0.3 is 4.57 Å². The van der Waals surface area contributed by atoms with Gasteiger partial charge in [-0.25, -0.2) is 4.98 Å². The summed E-state index contributed by atoms with van der Waals surface area (Å²) in [7, 11) is 0. The molecule has 1 aliphatic carbocycles. The van der Waals surface area contributed by atoms with Crippen LogP contribution >= 0.6 is 0 Å². The normalized spacial score (nSPS) is 19.4. The van der Waals surface area contributed by atoms with Gasteiger partial charge in [0.15, 0.2) is 0 Å². The lowest BCUT2D eigenvalue weighted by Crippen LogP contribution is -2.34. The number of allylic oxidation sites excluding steroid dienone is 1. The van der Waals surface area contributed by atoms with E-state index in [1.54, 1.807) is 5.57 Å². The van der Waals surface area contributed by atoms with E-state index in [0.29, 0.717) is 5.92 Å². The number of benzene rings is 2. The third kappa shape index (κ3) is 2.13. The molecular formula is C23H24N2. The molecule has 0 N–H and O–H groups in total. The van der Waals surface area contributed by atoms with Gasteiger partial charge in [-0.3, -0.25) is 0 Å². The van der Waals surface area contributed by atoms with Crippen LogP contribution in [-0.2, 0) is 5.54 Å². The fourth-order valence-electron chi connectivity index (χ4n) is 4.92. The van der Waals surface area contributed by atoms with Gasteiger partial charge in [0.2, 0.25) is 0 Å². The van der Waals surface area contributed by atoms with Crippen LogP contribution in [0.25, 0.3) is 28.5 Å². The molecule has 126 valence electrons. The standard InChI is InChI=1S/C23H24N2/c1-23(2)19(16-9-6-7-10-16)15-18-13-8-14-20-21(18)25(23)22(24-20)17-11-4-3-5-12-17/h3-5,8,11-16H,6-7,9-10H2,1-2H3. The zero-order valence-electron chi connectivity index (χ0n) is 15.0. The van der Waals surface area contributed by atoms with E-state index < -0.39 is 0 Å². The van der Waals surface area contributed by atoms with Gasteiger partial charge in [-0.05, 0) is 44.2 Å². The van der Waals surface area contributed by atoms with Crippen LogP contribution in [-0.4, -0.2) is 9.55 Å². The van der Waals surface area contributed by atoms with E-state index in [4.69, 9.17) is 4.98 Å². The summed E-state index contributed by atoms with van der Waals surface area (Å²) >= 11 is 0. The number of para-hydroxylation sites is 1. The molecule has 1 aromatic heterocycles. The Hall–Kier alpha value is -2.35. The van der Waals surface area contributed by atoms with Gasteiger partial charge in [0, 0.05) is 11.1 Å². The van der Waals surface area contributed by atoms with Crippen LogP contribution in [0.2, 0.25) is 0 Å². The van der Waals surface area contributed by atoms with Gasteiger partial charge in [-0.2, -0.15) is 0 Å². The number of hydrogen-bond donors (Lipinski definition) is 0. The Labute approximate surface area is 149 Å². The third-order valence-corrected chi connectivity index (χ3v) is 6.11. The van der Waals surface area contributed by atoms with Gasteiger partial charge in [0.25, 0.3) is 0 Å². The molecule has 1 fully saturated rings. The largest absolute Gasteiger partial charge is 0.314 e. The highest BCUT2D eigenvalue weighted by Crippen LogP contribution is 2.47. The summed E-state index contributed by atoms with van der Waals surface area (Å²) in [4.78, 5) is 5.04. The topological polar surface area (TPSA) is 17.8 Å². The quantitative estimate of drug-likeness (QED) is 0.562. The van der Waals surface area contributed by atoms with Crippen LogP contribution < -0.4 is 0 Å². The number of nitrogens with zero attached hydrogens (tertiary/aromatic N) is 2. The SMILES string of the molecule is CC1(C)C(C2CCCC2)=Cc2cccc3nc(-c4ccccc4)n1c23. The minimum Gasteiger partial charge on any atom is -0.314 e. The van der Waals surface area contributed by atoms with E-state index in [1.165, 1.54) is 42.3 Å². The zero-order chi connectivity index (χ0) is 17.0. The van der Waals surface area contributed by atoms with Crippen molar-refractivity contribution in [3.8, 4) is 11.4 Å². The minimum atomic E-state index is -0.0384. The summed E-state index contributed by atoms with van der Waals surface area (Å²) in [5.74, 6) is 1.81. The Balaban J connectivity index is 1.81. The second-order valence-electron chi connectivity index (χ2n) is 7.99. The van der Waals surface area contributed by atoms with E-state index in [9.17, 15) is 0 Å². The molecule has 1 aliphatic heterocycles. The molecule has 0 saturated heterocycles. The van der Waals surface area contributed by atoms with Crippen molar-refractivity contribution in [2.75, 3.05) is 0 Å². The number of rotatable bonds is 2. The monoisotopic (exact) mass is 328 g/mol. The molecule has 2 heteroatoms. The molecule has 2 aromatic carbocycles. The molecule has 0 atom stereocenters. The van der Waals surface area contributed by atoms with Gasteiger partial charge in [0.1, 0.15) is 5.82 Å². The first-order valence-electron chi connectivity index (χ1n) is 9.46. The highest BCUT2D eigenvalue weighted by atomic mass is 15.1. The molecule has 0 amide bonds. The lowest BCUT2D eigenvalue weighted by Gasteiger charge is -2.38. The first kappa shape index (κ1) is 14.9. The molecule has 25 heavy (non-hydrogen) atoms. The molecule has 0 unspecified atom stereocenters. The van der Waals surface area contributed by atoms with Crippen LogP contribution in [0.1, 0.15) is 45.1 Å². The lowest BCUT2D eigenvalue weighted by molar-refractivity contribution is 0.387. The first-order chi connectivity index (χ1) is 12.2. The summed E-state index contributed by atoms with van der Waals surface area (Å²) in [5, 5.41) is 0. The molecule has 2 aliphatic rings. The van der Waals surface area contributed by atoms with Gasteiger partial charge in [0.05, 0.1) is 16.6 Å². The number of aromatic nitrogens is 2. The summed E-state index contributed by atoms with van der Waals surface area (Å²) in [6, 6.07) is 17.2. The van der Waals surface area contributed by atoms with Crippen molar-refractivity contribution in [3.05, 3.63) is 59.7 Å². The van der Waals surface area contributed by atoms with Crippen molar-refractivity contribution in [1.82, 2.24) is 9.55 Å². The van der Waals surface area contributed by atoms with Crippen LogP contribution in [0.3, 0.4) is 0 Å². The Morgan fingerprint density at radius 3 is 2.48 bits per heavy atom. The predicted octanol–water partition coefficient (Wildman–Crippen LogP) is 6.03. The van der Waals surface area contributed by atoms with E-state index in [0.717, 1.165) is 11.3 Å². The van der Waals surface area contributed by atoms with E-state index in [-0.39, 0.29) is 5.54 Å². The molecular weight excluding hydrogens is 304 g/mol. The third-order valence-electron chi connectivity index (χ3n) is 6.11. The van der Waals surface area contributed by atoms with Gasteiger partial charge >= 0.3 is 0 Å². The Kier molecular flexibility index (Phi) is 3.18. The highest BCUT2D eigenvalue weighted by molar-refractivity contribution is 5.91. The zero-order valence-corrected chi connectivity index (χ0v) is 15.0. The van der Waals surface area contributed by atoms with Crippen molar-refractivity contribution >= 4 is 17.1 Å². The average Bonchev–Trinajstić information content (AvgIpc) is 3.27. The van der Waals surface area contributed by atoms with Crippen molar-refractivity contribution in [3.63, 3.8) is 0 Å². The maximum Gasteiger partial charge on any atom is 0.141 e. The fourth-order valence-corrected chi connectivity index (χ4v) is 4.92. The number of imidazole rings is 1. The Morgan fingerprint density at radius 2 is 1.72 bits per heavy atom. The molecule has 0 spiro atoms. The van der Waals surface area contributed by atoms with Crippen LogP contribution in [0.15, 0.2) is 54.1 Å². The summed E-state index contributed by atoms with van der Waals surface area (Å²) < 4.78 is 2.50. The van der Waals surface area contributed by atoms with E-state index >= 15 is 0 Å². The molecule has 3 aromatic rings. The van der Waals surface area contributed by atoms with Crippen molar-refractivity contribution < 1.29 is 0 Å². The van der Waals surface area contributed by atoms with Crippen LogP contribution in [0, 0.1) is 5.92 Å². The van der Waals surface area contributed by atoms with Crippen LogP contribution in [0.5, 0.6) is 0 Å². The lowest BCUT2D eigenvalue weighted by atomic mass is 9.79. The molecule has 0 radical (unpaired) electrons. The average molecular weight is 328 g/mol. The van der Waals surface area contributed by atoms with E-state index in [1.807, 2.05) is 0 Å². The van der Waals surface area contributed by atoms with Crippen molar-refractivity contribution in [2.24, 2.45) is 5.92 Å². The fraction of sp³-hybridized carbons (Fsp3) is 0.348. The molecule has 1 saturated carbocycles. The summed E-state index contributed by atoms with van der Waals surface area (Å²) in [6.45, 7) is 4.75. The highest BCUT2D eigenvalue weighted by Gasteiger charge is 2.38. The second-order valence-corrected chi connectivity index (χ2v) is 7.99. The smallest absolute Gasteiger partial charge is 0.141 e. The summed E-state index contributed by atoms with van der Waals surface area (Å²) in [5.41, 5.74) is 6.46. The molecule has 0 bridgehead atoms. The van der Waals surface area contributed by atoms with Gasteiger partial charge in [-0.1, -0.05) is 61.4 Å². The minimum absolute atomic E-state index is 0.0384. The second kappa shape index (κ2) is 5.32.